The third-order valence-corrected chi connectivity index (χ3v) is 3.73. The van der Waals surface area contributed by atoms with Crippen LogP contribution >= 0.6 is 11.6 Å². The molecule has 0 atom stereocenters. The Balaban J connectivity index is 1.92. The highest BCUT2D eigenvalue weighted by molar-refractivity contribution is 6.30. The maximum absolute atomic E-state index is 9.45. The molecule has 0 unspecified atom stereocenters. The van der Waals surface area contributed by atoms with Crippen molar-refractivity contribution in [2.24, 2.45) is 5.92 Å². The highest BCUT2D eigenvalue weighted by atomic mass is 35.5. The Morgan fingerprint density at radius 3 is 2.72 bits per heavy atom. The molecule has 1 aliphatic carbocycles. The number of nitrogens with zero attached hydrogens (tertiary/aromatic N) is 1. The Labute approximate surface area is 112 Å². The summed E-state index contributed by atoms with van der Waals surface area (Å²) >= 11 is 5.85. The van der Waals surface area contributed by atoms with Crippen LogP contribution in [-0.4, -0.2) is 17.8 Å². The quantitative estimate of drug-likeness (QED) is 0.882. The molecule has 0 amide bonds. The maximum atomic E-state index is 9.45. The molecule has 1 saturated carbocycles. The monoisotopic (exact) mass is 264 g/mol. The van der Waals surface area contributed by atoms with Gasteiger partial charge in [-0.3, -0.25) is 0 Å². The summed E-state index contributed by atoms with van der Waals surface area (Å²) in [4.78, 5) is 0. The highest BCUT2D eigenvalue weighted by Crippen LogP contribution is 2.26. The summed E-state index contributed by atoms with van der Waals surface area (Å²) < 4.78 is 0. The first-order chi connectivity index (χ1) is 8.69. The second-order valence-electron chi connectivity index (χ2n) is 4.86. The average molecular weight is 265 g/mol. The van der Waals surface area contributed by atoms with Crippen molar-refractivity contribution >= 4 is 17.3 Å². The second kappa shape index (κ2) is 6.08. The van der Waals surface area contributed by atoms with Crippen LogP contribution in [0.4, 0.5) is 5.69 Å². The predicted molar refractivity (Wildman–Crippen MR) is 72.6 cm³/mol. The van der Waals surface area contributed by atoms with Gasteiger partial charge in [0.25, 0.3) is 0 Å². The van der Waals surface area contributed by atoms with E-state index in [1.54, 1.807) is 12.1 Å². The van der Waals surface area contributed by atoms with E-state index in [0.29, 0.717) is 16.5 Å². The fourth-order valence-corrected chi connectivity index (χ4v) is 2.54. The molecule has 2 rings (SSSR count). The minimum atomic E-state index is -0.119. The van der Waals surface area contributed by atoms with Gasteiger partial charge in [0.05, 0.1) is 17.4 Å². The van der Waals surface area contributed by atoms with Crippen LogP contribution in [0.1, 0.15) is 31.2 Å². The van der Waals surface area contributed by atoms with Crippen LogP contribution in [0.2, 0.25) is 5.02 Å². The topological polar surface area (TPSA) is 56.0 Å². The molecule has 1 fully saturated rings. The molecular formula is C14H17ClN2O. The predicted octanol–water partition coefficient (Wildman–Crippen LogP) is 3.17. The van der Waals surface area contributed by atoms with E-state index in [9.17, 15) is 5.11 Å². The van der Waals surface area contributed by atoms with Crippen molar-refractivity contribution in [3.05, 3.63) is 28.8 Å². The van der Waals surface area contributed by atoms with E-state index in [1.165, 1.54) is 0 Å². The van der Waals surface area contributed by atoms with Crippen LogP contribution in [0.15, 0.2) is 18.2 Å². The first kappa shape index (κ1) is 13.2. The minimum Gasteiger partial charge on any atom is -0.393 e. The molecule has 1 aromatic rings. The summed E-state index contributed by atoms with van der Waals surface area (Å²) in [6.07, 6.45) is 3.75. The number of halogens is 1. The molecule has 2 N–H and O–H groups in total. The number of hydrogen-bond acceptors (Lipinski definition) is 3. The molecule has 0 heterocycles. The number of benzene rings is 1. The molecule has 1 aliphatic rings. The van der Waals surface area contributed by atoms with Crippen LogP contribution in [-0.2, 0) is 0 Å². The number of rotatable bonds is 3. The van der Waals surface area contributed by atoms with E-state index in [-0.39, 0.29) is 6.10 Å². The molecule has 0 spiro atoms. The first-order valence-corrected chi connectivity index (χ1v) is 6.68. The van der Waals surface area contributed by atoms with E-state index in [0.717, 1.165) is 37.9 Å². The third kappa shape index (κ3) is 3.38. The van der Waals surface area contributed by atoms with Crippen molar-refractivity contribution in [2.75, 3.05) is 11.9 Å². The van der Waals surface area contributed by atoms with E-state index in [4.69, 9.17) is 16.9 Å². The van der Waals surface area contributed by atoms with Crippen molar-refractivity contribution in [3.63, 3.8) is 0 Å². The molecule has 96 valence electrons. The fraction of sp³-hybridized carbons (Fsp3) is 0.500. The molecule has 18 heavy (non-hydrogen) atoms. The van der Waals surface area contributed by atoms with Crippen LogP contribution in [0.3, 0.4) is 0 Å². The maximum Gasteiger partial charge on any atom is 0.101 e. The number of nitrogens with one attached hydrogen (secondary N) is 1. The molecule has 3 nitrogen and oxygen atoms in total. The molecule has 0 aromatic heterocycles. The van der Waals surface area contributed by atoms with Crippen LogP contribution in [0.25, 0.3) is 0 Å². The standard InChI is InChI=1S/C14H17ClN2O/c15-12-3-6-14(11(7-12)8-16)17-9-10-1-4-13(18)5-2-10/h3,6-7,10,13,17-18H,1-2,4-5,9H2. The molecular weight excluding hydrogens is 248 g/mol. The average Bonchev–Trinajstić information content (AvgIpc) is 2.39. The zero-order valence-electron chi connectivity index (χ0n) is 10.2. The van der Waals surface area contributed by atoms with Crippen molar-refractivity contribution in [3.8, 4) is 6.07 Å². The third-order valence-electron chi connectivity index (χ3n) is 3.50. The van der Waals surface area contributed by atoms with E-state index < -0.39 is 0 Å². The van der Waals surface area contributed by atoms with Crippen LogP contribution in [0, 0.1) is 17.2 Å². The highest BCUT2D eigenvalue weighted by Gasteiger charge is 2.19. The first-order valence-electron chi connectivity index (χ1n) is 6.30. The van der Waals surface area contributed by atoms with Gasteiger partial charge in [-0.15, -0.1) is 0 Å². The summed E-state index contributed by atoms with van der Waals surface area (Å²) in [6.45, 7) is 0.850. The van der Waals surface area contributed by atoms with Gasteiger partial charge < -0.3 is 10.4 Å². The van der Waals surface area contributed by atoms with Gasteiger partial charge in [-0.25, -0.2) is 0 Å². The van der Waals surface area contributed by atoms with Crippen molar-refractivity contribution in [2.45, 2.75) is 31.8 Å². The molecule has 0 saturated heterocycles. The van der Waals surface area contributed by atoms with Gasteiger partial charge >= 0.3 is 0 Å². The molecule has 0 aliphatic heterocycles. The zero-order chi connectivity index (χ0) is 13.0. The Hall–Kier alpha value is -1.24. The molecule has 4 heteroatoms. The lowest BCUT2D eigenvalue weighted by molar-refractivity contribution is 0.111. The largest absolute Gasteiger partial charge is 0.393 e. The van der Waals surface area contributed by atoms with Gasteiger partial charge in [0.1, 0.15) is 6.07 Å². The van der Waals surface area contributed by atoms with Gasteiger partial charge in [-0.2, -0.15) is 5.26 Å². The van der Waals surface area contributed by atoms with E-state index >= 15 is 0 Å². The summed E-state index contributed by atoms with van der Waals surface area (Å²) in [6, 6.07) is 7.45. The zero-order valence-corrected chi connectivity index (χ0v) is 11.0. The number of anilines is 1. The lowest BCUT2D eigenvalue weighted by Crippen LogP contribution is -2.23. The lowest BCUT2D eigenvalue weighted by Gasteiger charge is -2.26. The fourth-order valence-electron chi connectivity index (χ4n) is 2.37. The summed E-state index contributed by atoms with van der Waals surface area (Å²) in [5.41, 5.74) is 1.42. The van der Waals surface area contributed by atoms with Gasteiger partial charge in [0.2, 0.25) is 0 Å². The molecule has 0 bridgehead atoms. The normalized spacial score (nSPS) is 23.4. The number of aliphatic hydroxyl groups is 1. The Morgan fingerprint density at radius 2 is 2.06 bits per heavy atom. The number of hydrogen-bond donors (Lipinski definition) is 2. The smallest absolute Gasteiger partial charge is 0.101 e. The summed E-state index contributed by atoms with van der Waals surface area (Å²) in [5, 5.41) is 22.4. The van der Waals surface area contributed by atoms with Crippen LogP contribution < -0.4 is 5.32 Å². The molecule has 1 aromatic carbocycles. The second-order valence-corrected chi connectivity index (χ2v) is 5.29. The van der Waals surface area contributed by atoms with Crippen molar-refractivity contribution in [1.29, 1.82) is 5.26 Å². The lowest BCUT2D eigenvalue weighted by atomic mass is 9.87. The van der Waals surface area contributed by atoms with E-state index in [2.05, 4.69) is 11.4 Å². The van der Waals surface area contributed by atoms with Gasteiger partial charge in [0.15, 0.2) is 0 Å². The summed E-state index contributed by atoms with van der Waals surface area (Å²) in [5.74, 6) is 0.579. The minimum absolute atomic E-state index is 0.119. The molecule has 0 radical (unpaired) electrons. The van der Waals surface area contributed by atoms with Gasteiger partial charge in [0, 0.05) is 11.6 Å². The Bertz CT molecular complexity index is 448. The van der Waals surface area contributed by atoms with Crippen molar-refractivity contribution < 1.29 is 5.11 Å². The Morgan fingerprint density at radius 1 is 1.33 bits per heavy atom. The number of nitriles is 1. The number of aliphatic hydroxyl groups excluding tert-OH is 1. The van der Waals surface area contributed by atoms with Gasteiger partial charge in [-0.1, -0.05) is 11.6 Å². The van der Waals surface area contributed by atoms with Crippen molar-refractivity contribution in [1.82, 2.24) is 0 Å². The Kier molecular flexibility index (Phi) is 4.46. The SMILES string of the molecule is N#Cc1cc(Cl)ccc1NCC1CCC(O)CC1. The summed E-state index contributed by atoms with van der Waals surface area (Å²) in [7, 11) is 0. The van der Waals surface area contributed by atoms with E-state index in [1.807, 2.05) is 6.07 Å². The van der Waals surface area contributed by atoms with Crippen LogP contribution in [0.5, 0.6) is 0 Å². The van der Waals surface area contributed by atoms with Gasteiger partial charge in [-0.05, 0) is 49.8 Å².